The molecule has 0 radical (unpaired) electrons. The molecule has 1 atom stereocenters. The minimum atomic E-state index is -3.57. The van der Waals surface area contributed by atoms with Crippen molar-refractivity contribution in [3.63, 3.8) is 0 Å². The highest BCUT2D eigenvalue weighted by Crippen LogP contribution is 2.33. The summed E-state index contributed by atoms with van der Waals surface area (Å²) in [6, 6.07) is 1.23. The summed E-state index contributed by atoms with van der Waals surface area (Å²) in [5, 5.41) is 9.03. The second-order valence-corrected chi connectivity index (χ2v) is 8.25. The zero-order valence-electron chi connectivity index (χ0n) is 10.4. The number of aliphatic hydroxyl groups is 1. The molecule has 0 fully saturated rings. The van der Waals surface area contributed by atoms with Gasteiger partial charge in [-0.2, -0.15) is 4.31 Å². The molecule has 0 aliphatic carbocycles. The van der Waals surface area contributed by atoms with Gasteiger partial charge in [-0.1, -0.05) is 0 Å². The second kappa shape index (κ2) is 6.44. The Morgan fingerprint density at radius 2 is 2.22 bits per heavy atom. The van der Waals surface area contributed by atoms with Gasteiger partial charge in [-0.15, -0.1) is 11.3 Å². The van der Waals surface area contributed by atoms with Crippen LogP contribution in [0.5, 0.6) is 0 Å². The molecule has 0 aliphatic rings. The largest absolute Gasteiger partial charge is 0.391 e. The molecule has 0 saturated heterocycles. The molecule has 1 rings (SSSR count). The van der Waals surface area contributed by atoms with Crippen molar-refractivity contribution >= 4 is 37.3 Å². The first-order valence-electron chi connectivity index (χ1n) is 5.20. The fraction of sp³-hybridized carbons (Fsp3) is 0.600. The van der Waals surface area contributed by atoms with Gasteiger partial charge in [-0.3, -0.25) is 0 Å². The molecule has 8 heteroatoms. The van der Waals surface area contributed by atoms with Crippen LogP contribution >= 0.6 is 27.3 Å². The maximum atomic E-state index is 12.4. The number of rotatable bonds is 6. The molecule has 0 bridgehead atoms. The van der Waals surface area contributed by atoms with E-state index in [9.17, 15) is 8.42 Å². The highest BCUT2D eigenvalue weighted by molar-refractivity contribution is 9.11. The molecule has 5 nitrogen and oxygen atoms in total. The molecular weight excluding hydrogens is 342 g/mol. The normalized spacial score (nSPS) is 14.1. The van der Waals surface area contributed by atoms with E-state index < -0.39 is 10.0 Å². The fourth-order valence-electron chi connectivity index (χ4n) is 1.39. The first kappa shape index (κ1) is 16.1. The number of halogens is 1. The third kappa shape index (κ3) is 3.31. The van der Waals surface area contributed by atoms with Gasteiger partial charge in [-0.05, 0) is 28.9 Å². The molecule has 1 N–H and O–H groups in total. The Balaban J connectivity index is 3.08. The Hall–Kier alpha value is 0.01000. The van der Waals surface area contributed by atoms with E-state index in [0.29, 0.717) is 15.3 Å². The van der Waals surface area contributed by atoms with E-state index in [2.05, 4.69) is 15.9 Å². The lowest BCUT2D eigenvalue weighted by atomic mass is 10.4. The number of hydrogen-bond donors (Lipinski definition) is 1. The zero-order valence-corrected chi connectivity index (χ0v) is 13.6. The Morgan fingerprint density at radius 1 is 1.61 bits per heavy atom. The Bertz CT molecular complexity index is 500. The van der Waals surface area contributed by atoms with Crippen molar-refractivity contribution in [3.8, 4) is 0 Å². The van der Waals surface area contributed by atoms with Crippen LogP contribution in [0.25, 0.3) is 0 Å². The van der Waals surface area contributed by atoms with Crippen LogP contribution in [0.15, 0.2) is 14.7 Å². The Morgan fingerprint density at radius 3 is 2.67 bits per heavy atom. The van der Waals surface area contributed by atoms with Crippen molar-refractivity contribution in [2.45, 2.75) is 24.5 Å². The highest BCUT2D eigenvalue weighted by atomic mass is 79.9. The molecule has 0 saturated carbocycles. The monoisotopic (exact) mass is 357 g/mol. The number of thiophene rings is 1. The number of methoxy groups -OCH3 is 1. The molecule has 1 aromatic heterocycles. The SMILES string of the molecule is COCC(C)N(C)S(=O)(=O)c1cc(CO)sc1Br. The van der Waals surface area contributed by atoms with E-state index in [1.165, 1.54) is 35.9 Å². The average molecular weight is 358 g/mol. The molecule has 0 amide bonds. The predicted octanol–water partition coefficient (Wildman–Crippen LogP) is 1.66. The van der Waals surface area contributed by atoms with E-state index >= 15 is 0 Å². The van der Waals surface area contributed by atoms with E-state index in [0.717, 1.165) is 0 Å². The number of aliphatic hydroxyl groups excluding tert-OH is 1. The van der Waals surface area contributed by atoms with Crippen LogP contribution in [-0.4, -0.2) is 44.6 Å². The summed E-state index contributed by atoms with van der Waals surface area (Å²) < 4.78 is 31.5. The van der Waals surface area contributed by atoms with Crippen LogP contribution in [0, 0.1) is 0 Å². The van der Waals surface area contributed by atoms with E-state index in [1.54, 1.807) is 6.92 Å². The minimum Gasteiger partial charge on any atom is -0.391 e. The Labute approximate surface area is 120 Å². The van der Waals surface area contributed by atoms with E-state index in [4.69, 9.17) is 9.84 Å². The summed E-state index contributed by atoms with van der Waals surface area (Å²) in [7, 11) is -0.530. The molecule has 0 spiro atoms. The van der Waals surface area contributed by atoms with Gasteiger partial charge >= 0.3 is 0 Å². The molecule has 1 unspecified atom stereocenters. The maximum Gasteiger partial charge on any atom is 0.245 e. The van der Waals surface area contributed by atoms with Gasteiger partial charge < -0.3 is 9.84 Å². The van der Waals surface area contributed by atoms with Gasteiger partial charge in [-0.25, -0.2) is 8.42 Å². The van der Waals surface area contributed by atoms with Crippen molar-refractivity contribution in [1.82, 2.24) is 4.31 Å². The van der Waals surface area contributed by atoms with Crippen LogP contribution in [0.2, 0.25) is 0 Å². The molecule has 18 heavy (non-hydrogen) atoms. The summed E-state index contributed by atoms with van der Waals surface area (Å²) in [4.78, 5) is 0.787. The van der Waals surface area contributed by atoms with Crippen LogP contribution in [0.3, 0.4) is 0 Å². The van der Waals surface area contributed by atoms with Gasteiger partial charge in [0.2, 0.25) is 10.0 Å². The number of ether oxygens (including phenoxy) is 1. The molecule has 1 aromatic rings. The molecule has 0 aromatic carbocycles. The van der Waals surface area contributed by atoms with Crippen molar-refractivity contribution in [3.05, 3.63) is 14.7 Å². The summed E-state index contributed by atoms with van der Waals surface area (Å²) in [6.45, 7) is 1.93. The number of likely N-dealkylation sites (N-methyl/N-ethyl adjacent to an activating group) is 1. The van der Waals surface area contributed by atoms with Crippen molar-refractivity contribution < 1.29 is 18.3 Å². The zero-order chi connectivity index (χ0) is 13.9. The maximum absolute atomic E-state index is 12.4. The first-order valence-corrected chi connectivity index (χ1v) is 8.25. The topological polar surface area (TPSA) is 66.8 Å². The lowest BCUT2D eigenvalue weighted by molar-refractivity contribution is 0.149. The van der Waals surface area contributed by atoms with Crippen molar-refractivity contribution in [1.29, 1.82) is 0 Å². The fourth-order valence-corrected chi connectivity index (χ4v) is 5.23. The third-order valence-electron chi connectivity index (χ3n) is 2.55. The summed E-state index contributed by atoms with van der Waals surface area (Å²) in [6.07, 6.45) is 0. The van der Waals surface area contributed by atoms with Crippen LogP contribution in [-0.2, 0) is 21.4 Å². The summed E-state index contributed by atoms with van der Waals surface area (Å²) in [5.41, 5.74) is 0. The van der Waals surface area contributed by atoms with Gasteiger partial charge in [0.05, 0.1) is 17.0 Å². The van der Waals surface area contributed by atoms with Crippen LogP contribution in [0.4, 0.5) is 0 Å². The van der Waals surface area contributed by atoms with Gasteiger partial charge in [0.25, 0.3) is 0 Å². The summed E-state index contributed by atoms with van der Waals surface area (Å²) >= 11 is 4.43. The summed E-state index contributed by atoms with van der Waals surface area (Å²) in [5.74, 6) is 0. The molecular formula is C10H16BrNO4S2. The first-order chi connectivity index (χ1) is 8.34. The lowest BCUT2D eigenvalue weighted by Gasteiger charge is -2.23. The third-order valence-corrected chi connectivity index (χ3v) is 6.76. The number of sulfonamides is 1. The predicted molar refractivity (Wildman–Crippen MR) is 74.2 cm³/mol. The average Bonchev–Trinajstić information content (AvgIpc) is 2.70. The smallest absolute Gasteiger partial charge is 0.245 e. The highest BCUT2D eigenvalue weighted by Gasteiger charge is 2.28. The van der Waals surface area contributed by atoms with Gasteiger partial charge in [0, 0.05) is 25.1 Å². The molecule has 104 valence electrons. The molecule has 0 aliphatic heterocycles. The van der Waals surface area contributed by atoms with Crippen LogP contribution < -0.4 is 0 Å². The second-order valence-electron chi connectivity index (χ2n) is 3.83. The van der Waals surface area contributed by atoms with Crippen molar-refractivity contribution in [2.24, 2.45) is 0 Å². The standard InChI is InChI=1S/C10H16BrNO4S2/c1-7(6-16-3)12(2)18(14,15)9-4-8(5-13)17-10(9)11/h4,7,13H,5-6H2,1-3H3. The van der Waals surface area contributed by atoms with E-state index in [-0.39, 0.29) is 17.5 Å². The lowest BCUT2D eigenvalue weighted by Crippen LogP contribution is -2.37. The Kier molecular flexibility index (Phi) is 5.75. The number of hydrogen-bond acceptors (Lipinski definition) is 5. The minimum absolute atomic E-state index is 0.171. The number of nitrogens with zero attached hydrogens (tertiary/aromatic N) is 1. The van der Waals surface area contributed by atoms with E-state index in [1.807, 2.05) is 0 Å². The van der Waals surface area contributed by atoms with Gasteiger partial charge in [0.1, 0.15) is 4.90 Å². The quantitative estimate of drug-likeness (QED) is 0.840. The molecule has 1 heterocycles. The van der Waals surface area contributed by atoms with Gasteiger partial charge in [0.15, 0.2) is 0 Å². The van der Waals surface area contributed by atoms with Crippen LogP contribution in [0.1, 0.15) is 11.8 Å². The van der Waals surface area contributed by atoms with Crippen molar-refractivity contribution in [2.75, 3.05) is 20.8 Å².